The minimum Gasteiger partial charge on any atom is -0.356 e. The van der Waals surface area contributed by atoms with Gasteiger partial charge in [-0.25, -0.2) is 5.01 Å². The first-order chi connectivity index (χ1) is 14.4. The van der Waals surface area contributed by atoms with Gasteiger partial charge in [-0.15, -0.1) is 0 Å². The molecule has 9 heteroatoms. The van der Waals surface area contributed by atoms with Crippen LogP contribution < -0.4 is 10.7 Å². The van der Waals surface area contributed by atoms with E-state index < -0.39 is 11.9 Å². The summed E-state index contributed by atoms with van der Waals surface area (Å²) >= 11 is 8.61. The Kier molecular flexibility index (Phi) is 7.17. The Hall–Kier alpha value is -2.78. The van der Waals surface area contributed by atoms with Crippen molar-refractivity contribution in [3.05, 3.63) is 70.2 Å². The number of hydrazine groups is 1. The van der Waals surface area contributed by atoms with Crippen LogP contribution in [0.25, 0.3) is 0 Å². The highest BCUT2D eigenvalue weighted by atomic mass is 79.9. The highest BCUT2D eigenvalue weighted by Gasteiger charge is 2.42. The lowest BCUT2D eigenvalue weighted by atomic mass is 10.1. The summed E-state index contributed by atoms with van der Waals surface area (Å²) in [6, 6.07) is 15.7. The van der Waals surface area contributed by atoms with Crippen molar-refractivity contribution in [3.63, 3.8) is 0 Å². The van der Waals surface area contributed by atoms with Crippen LogP contribution in [-0.4, -0.2) is 52.4 Å². The number of nitrogens with one attached hydrogen (secondary N) is 2. The molecule has 0 bridgehead atoms. The summed E-state index contributed by atoms with van der Waals surface area (Å²) < 4.78 is 0.843. The standard InChI is InChI=1S/C21H21BrN4O3S/c1-25-20(29)17(13-18(27)23-12-11-14-5-3-2-4-6-14)26(21(25)30)24-19(28)15-7-9-16(22)10-8-15/h2-10,17H,11-13H2,1H3,(H,23,27)(H,24,28). The maximum atomic E-state index is 12.6. The van der Waals surface area contributed by atoms with Crippen LogP contribution in [0.1, 0.15) is 22.3 Å². The summed E-state index contributed by atoms with van der Waals surface area (Å²) in [6.45, 7) is 0.454. The maximum Gasteiger partial charge on any atom is 0.269 e. The van der Waals surface area contributed by atoms with Crippen LogP contribution in [0.3, 0.4) is 0 Å². The Morgan fingerprint density at radius 1 is 1.10 bits per heavy atom. The Labute approximate surface area is 188 Å². The second kappa shape index (κ2) is 9.82. The van der Waals surface area contributed by atoms with E-state index in [1.165, 1.54) is 17.0 Å². The van der Waals surface area contributed by atoms with Crippen LogP contribution in [0.5, 0.6) is 0 Å². The Morgan fingerprint density at radius 3 is 2.43 bits per heavy atom. The van der Waals surface area contributed by atoms with Gasteiger partial charge in [0.05, 0.1) is 6.42 Å². The van der Waals surface area contributed by atoms with E-state index >= 15 is 0 Å². The van der Waals surface area contributed by atoms with E-state index in [0.29, 0.717) is 18.5 Å². The number of hydrogen-bond acceptors (Lipinski definition) is 4. The molecule has 2 N–H and O–H groups in total. The predicted molar refractivity (Wildman–Crippen MR) is 120 cm³/mol. The fourth-order valence-electron chi connectivity index (χ4n) is 3.04. The molecular formula is C21H21BrN4O3S. The van der Waals surface area contributed by atoms with Crippen molar-refractivity contribution in [2.45, 2.75) is 18.9 Å². The van der Waals surface area contributed by atoms with Gasteiger partial charge in [-0.2, -0.15) is 0 Å². The molecule has 0 spiro atoms. The molecule has 3 amide bonds. The molecule has 1 fully saturated rings. The summed E-state index contributed by atoms with van der Waals surface area (Å²) in [5, 5.41) is 4.26. The second-order valence-electron chi connectivity index (χ2n) is 6.80. The van der Waals surface area contributed by atoms with Crippen LogP contribution in [0, 0.1) is 0 Å². The zero-order valence-electron chi connectivity index (χ0n) is 16.3. The fraction of sp³-hybridized carbons (Fsp3) is 0.238. The summed E-state index contributed by atoms with van der Waals surface area (Å²) in [4.78, 5) is 38.8. The van der Waals surface area contributed by atoms with E-state index in [4.69, 9.17) is 12.2 Å². The van der Waals surface area contributed by atoms with Gasteiger partial charge in [-0.3, -0.25) is 24.7 Å². The third-order valence-corrected chi connectivity index (χ3v) is 5.71. The van der Waals surface area contributed by atoms with Gasteiger partial charge < -0.3 is 5.32 Å². The molecule has 0 radical (unpaired) electrons. The number of carbonyl (C=O) groups is 3. The molecule has 3 rings (SSSR count). The van der Waals surface area contributed by atoms with Gasteiger partial charge in [0.1, 0.15) is 6.04 Å². The second-order valence-corrected chi connectivity index (χ2v) is 8.08. The molecule has 2 aromatic rings. The van der Waals surface area contributed by atoms with Gasteiger partial charge in [0, 0.05) is 23.6 Å². The third kappa shape index (κ3) is 5.22. The van der Waals surface area contributed by atoms with E-state index in [0.717, 1.165) is 10.0 Å². The molecular weight excluding hydrogens is 468 g/mol. The normalized spacial score (nSPS) is 16.0. The molecule has 7 nitrogen and oxygen atoms in total. The number of nitrogens with zero attached hydrogens (tertiary/aromatic N) is 2. The molecule has 30 heavy (non-hydrogen) atoms. The smallest absolute Gasteiger partial charge is 0.269 e. The number of amides is 3. The van der Waals surface area contributed by atoms with Crippen molar-refractivity contribution >= 4 is 51.0 Å². The molecule has 0 aromatic heterocycles. The summed E-state index contributed by atoms with van der Waals surface area (Å²) in [6.07, 6.45) is 0.576. The Balaban J connectivity index is 1.61. The monoisotopic (exact) mass is 488 g/mol. The minimum absolute atomic E-state index is 0.112. The quantitative estimate of drug-likeness (QED) is 0.584. The van der Waals surface area contributed by atoms with Crippen molar-refractivity contribution in [3.8, 4) is 0 Å². The summed E-state index contributed by atoms with van der Waals surface area (Å²) in [7, 11) is 1.52. The summed E-state index contributed by atoms with van der Waals surface area (Å²) in [5.74, 6) is -1.04. The fourth-order valence-corrected chi connectivity index (χ4v) is 3.57. The van der Waals surface area contributed by atoms with Crippen LogP contribution in [0.15, 0.2) is 59.1 Å². The largest absolute Gasteiger partial charge is 0.356 e. The van der Waals surface area contributed by atoms with Gasteiger partial charge >= 0.3 is 0 Å². The first-order valence-corrected chi connectivity index (χ1v) is 10.5. The van der Waals surface area contributed by atoms with Crippen molar-refractivity contribution < 1.29 is 14.4 Å². The van der Waals surface area contributed by atoms with E-state index in [1.807, 2.05) is 30.3 Å². The molecule has 1 aliphatic rings. The topological polar surface area (TPSA) is 81.8 Å². The zero-order chi connectivity index (χ0) is 21.7. The van der Waals surface area contributed by atoms with Gasteiger partial charge in [0.15, 0.2) is 5.11 Å². The van der Waals surface area contributed by atoms with E-state index in [9.17, 15) is 14.4 Å². The Morgan fingerprint density at radius 2 is 1.77 bits per heavy atom. The molecule has 1 heterocycles. The lowest BCUT2D eigenvalue weighted by Gasteiger charge is -2.24. The molecule has 1 unspecified atom stereocenters. The first kappa shape index (κ1) is 21.9. The highest BCUT2D eigenvalue weighted by Crippen LogP contribution is 2.18. The van der Waals surface area contributed by atoms with Crippen molar-refractivity contribution in [2.75, 3.05) is 13.6 Å². The molecule has 156 valence electrons. The Bertz CT molecular complexity index is 952. The van der Waals surface area contributed by atoms with E-state index in [1.54, 1.807) is 24.3 Å². The zero-order valence-corrected chi connectivity index (χ0v) is 18.7. The maximum absolute atomic E-state index is 12.6. The van der Waals surface area contributed by atoms with Crippen LogP contribution >= 0.6 is 28.1 Å². The summed E-state index contributed by atoms with van der Waals surface area (Å²) in [5.41, 5.74) is 4.18. The number of hydrogen-bond donors (Lipinski definition) is 2. The number of benzene rings is 2. The van der Waals surface area contributed by atoms with Gasteiger partial charge in [0.2, 0.25) is 5.91 Å². The van der Waals surface area contributed by atoms with Crippen LogP contribution in [0.2, 0.25) is 0 Å². The SMILES string of the molecule is CN1C(=O)C(CC(=O)NCCc2ccccc2)N(NC(=O)c2ccc(Br)cc2)C1=S. The predicted octanol–water partition coefficient (Wildman–Crippen LogP) is 2.27. The molecule has 0 saturated carbocycles. The average molecular weight is 489 g/mol. The van der Waals surface area contributed by atoms with E-state index in [-0.39, 0.29) is 23.3 Å². The van der Waals surface area contributed by atoms with Crippen LogP contribution in [0.4, 0.5) is 0 Å². The molecule has 1 saturated heterocycles. The van der Waals surface area contributed by atoms with Gasteiger partial charge in [-0.1, -0.05) is 46.3 Å². The minimum atomic E-state index is -0.890. The lowest BCUT2D eigenvalue weighted by Crippen LogP contribution is -2.50. The number of likely N-dealkylation sites (N-methyl/N-ethyl adjacent to an activating group) is 1. The molecule has 1 aliphatic heterocycles. The molecule has 1 atom stereocenters. The van der Waals surface area contributed by atoms with Crippen molar-refractivity contribution in [1.82, 2.24) is 20.7 Å². The highest BCUT2D eigenvalue weighted by molar-refractivity contribution is 9.10. The molecule has 0 aliphatic carbocycles. The number of carbonyl (C=O) groups excluding carboxylic acids is 3. The average Bonchev–Trinajstić information content (AvgIpc) is 2.93. The lowest BCUT2D eigenvalue weighted by molar-refractivity contribution is -0.131. The number of thiocarbonyl (C=S) groups is 1. The molecule has 2 aromatic carbocycles. The number of rotatable bonds is 7. The van der Waals surface area contributed by atoms with Gasteiger partial charge in [-0.05, 0) is 48.5 Å². The van der Waals surface area contributed by atoms with Crippen molar-refractivity contribution in [1.29, 1.82) is 0 Å². The number of halogens is 1. The first-order valence-electron chi connectivity index (χ1n) is 9.34. The van der Waals surface area contributed by atoms with Gasteiger partial charge in [0.25, 0.3) is 11.8 Å². The third-order valence-electron chi connectivity index (χ3n) is 4.71. The van der Waals surface area contributed by atoms with Crippen LogP contribution in [-0.2, 0) is 16.0 Å². The van der Waals surface area contributed by atoms with Crippen molar-refractivity contribution in [2.24, 2.45) is 0 Å². The van der Waals surface area contributed by atoms with E-state index in [2.05, 4.69) is 26.7 Å².